The Morgan fingerprint density at radius 2 is 1.75 bits per heavy atom. The van der Waals surface area contributed by atoms with E-state index < -0.39 is 5.76 Å². The Labute approximate surface area is 185 Å². The van der Waals surface area contributed by atoms with Gasteiger partial charge in [0.1, 0.15) is 6.54 Å². The third kappa shape index (κ3) is 4.39. The van der Waals surface area contributed by atoms with Gasteiger partial charge in [0, 0.05) is 23.4 Å². The van der Waals surface area contributed by atoms with Gasteiger partial charge >= 0.3 is 5.76 Å². The first-order valence-corrected chi connectivity index (χ1v) is 10.4. The molecule has 2 aromatic heterocycles. The molecular formula is C24H25N5O3. The van der Waals surface area contributed by atoms with Gasteiger partial charge < -0.3 is 5.32 Å². The van der Waals surface area contributed by atoms with E-state index >= 15 is 0 Å². The molecule has 0 unspecified atom stereocenters. The van der Waals surface area contributed by atoms with Gasteiger partial charge in [0.2, 0.25) is 5.91 Å². The molecule has 1 amide bonds. The molecule has 0 aliphatic heterocycles. The second-order valence-corrected chi connectivity index (χ2v) is 7.74. The molecule has 0 radical (unpaired) electrons. The first-order valence-electron chi connectivity index (χ1n) is 10.4. The van der Waals surface area contributed by atoms with E-state index in [1.165, 1.54) is 4.57 Å². The molecule has 0 bridgehead atoms. The van der Waals surface area contributed by atoms with E-state index in [0.717, 1.165) is 33.6 Å². The first kappa shape index (κ1) is 21.3. The van der Waals surface area contributed by atoms with Crippen molar-refractivity contribution in [2.45, 2.75) is 40.4 Å². The van der Waals surface area contributed by atoms with Gasteiger partial charge in [0.15, 0.2) is 5.82 Å². The zero-order chi connectivity index (χ0) is 22.7. The minimum atomic E-state index is -0.665. The van der Waals surface area contributed by atoms with Gasteiger partial charge in [-0.15, -0.1) is 0 Å². The average Bonchev–Trinajstić information content (AvgIpc) is 3.26. The summed E-state index contributed by atoms with van der Waals surface area (Å²) < 4.78 is 8.01. The number of hydrogen-bond acceptors (Lipinski definition) is 5. The lowest BCUT2D eigenvalue weighted by Crippen LogP contribution is -2.31. The van der Waals surface area contributed by atoms with Crippen LogP contribution in [0.1, 0.15) is 28.1 Å². The predicted molar refractivity (Wildman–Crippen MR) is 120 cm³/mol. The summed E-state index contributed by atoms with van der Waals surface area (Å²) in [7, 11) is 0. The van der Waals surface area contributed by atoms with Crippen molar-refractivity contribution >= 4 is 5.91 Å². The molecule has 0 aliphatic carbocycles. The quantitative estimate of drug-likeness (QED) is 0.485. The summed E-state index contributed by atoms with van der Waals surface area (Å²) in [5, 5.41) is 11.4. The fraction of sp³-hybridized carbons (Fsp3) is 0.250. The van der Waals surface area contributed by atoms with Crippen LogP contribution < -0.4 is 11.1 Å². The maximum Gasteiger partial charge on any atom is 0.442 e. The summed E-state index contributed by atoms with van der Waals surface area (Å²) in [5.74, 6) is -0.632. The number of carbonyl (C=O) groups is 1. The Morgan fingerprint density at radius 1 is 1.03 bits per heavy atom. The Balaban J connectivity index is 1.46. The van der Waals surface area contributed by atoms with Crippen LogP contribution in [-0.2, 0) is 24.4 Å². The van der Waals surface area contributed by atoms with Crippen LogP contribution in [0.25, 0.3) is 11.4 Å². The van der Waals surface area contributed by atoms with Crippen LogP contribution >= 0.6 is 0 Å². The second kappa shape index (κ2) is 9.05. The smallest absolute Gasteiger partial charge is 0.350 e. The highest BCUT2D eigenvalue weighted by molar-refractivity contribution is 5.76. The van der Waals surface area contributed by atoms with Crippen LogP contribution in [0.2, 0.25) is 0 Å². The van der Waals surface area contributed by atoms with E-state index in [4.69, 9.17) is 4.52 Å². The van der Waals surface area contributed by atoms with E-state index in [0.29, 0.717) is 18.9 Å². The monoisotopic (exact) mass is 431 g/mol. The summed E-state index contributed by atoms with van der Waals surface area (Å²) >= 11 is 0. The van der Waals surface area contributed by atoms with Crippen molar-refractivity contribution in [3.63, 3.8) is 0 Å². The Morgan fingerprint density at radius 3 is 2.50 bits per heavy atom. The van der Waals surface area contributed by atoms with Crippen LogP contribution in [0.15, 0.2) is 63.9 Å². The Kier molecular flexibility index (Phi) is 6.02. The topological polar surface area (TPSA) is 94.9 Å². The minimum absolute atomic E-state index is 0.178. The van der Waals surface area contributed by atoms with Gasteiger partial charge in [-0.3, -0.25) is 14.0 Å². The first-order chi connectivity index (χ1) is 15.4. The van der Waals surface area contributed by atoms with Gasteiger partial charge in [0.05, 0.1) is 12.2 Å². The summed E-state index contributed by atoms with van der Waals surface area (Å²) in [6.45, 7) is 6.64. The summed E-state index contributed by atoms with van der Waals surface area (Å²) in [6.07, 6.45) is 0. The van der Waals surface area contributed by atoms with Gasteiger partial charge in [-0.1, -0.05) is 59.8 Å². The molecule has 8 nitrogen and oxygen atoms in total. The maximum absolute atomic E-state index is 12.7. The van der Waals surface area contributed by atoms with E-state index in [9.17, 15) is 9.59 Å². The normalized spacial score (nSPS) is 11.0. The van der Waals surface area contributed by atoms with Crippen molar-refractivity contribution in [1.29, 1.82) is 0 Å². The number of carbonyl (C=O) groups excluding carboxylic acids is 1. The van der Waals surface area contributed by atoms with Crippen molar-refractivity contribution in [2.24, 2.45) is 0 Å². The lowest BCUT2D eigenvalue weighted by Gasteiger charge is -2.09. The molecule has 4 aromatic rings. The fourth-order valence-corrected chi connectivity index (χ4v) is 3.71. The van der Waals surface area contributed by atoms with E-state index in [1.54, 1.807) is 0 Å². The molecule has 0 fully saturated rings. The molecule has 0 saturated carbocycles. The molecular weight excluding hydrogens is 406 g/mol. The molecule has 0 atom stereocenters. The van der Waals surface area contributed by atoms with Gasteiger partial charge in [-0.25, -0.2) is 9.36 Å². The van der Waals surface area contributed by atoms with Crippen molar-refractivity contribution < 1.29 is 9.32 Å². The van der Waals surface area contributed by atoms with Crippen molar-refractivity contribution in [3.8, 4) is 11.4 Å². The summed E-state index contributed by atoms with van der Waals surface area (Å²) in [6, 6.07) is 17.6. The van der Waals surface area contributed by atoms with Gasteiger partial charge in [-0.2, -0.15) is 5.10 Å². The highest BCUT2D eigenvalue weighted by Gasteiger charge is 2.18. The average molecular weight is 431 g/mol. The zero-order valence-corrected chi connectivity index (χ0v) is 18.3. The third-order valence-electron chi connectivity index (χ3n) is 5.54. The zero-order valence-electron chi connectivity index (χ0n) is 18.3. The van der Waals surface area contributed by atoms with Crippen LogP contribution in [-0.4, -0.2) is 25.4 Å². The molecule has 0 saturated heterocycles. The number of amides is 1. The number of nitrogens with one attached hydrogen (secondary N) is 1. The number of hydrogen-bond donors (Lipinski definition) is 1. The number of benzene rings is 2. The summed E-state index contributed by atoms with van der Waals surface area (Å²) in [5.41, 5.74) is 5.67. The fourth-order valence-electron chi connectivity index (χ4n) is 3.71. The van der Waals surface area contributed by atoms with Crippen molar-refractivity contribution in [1.82, 2.24) is 24.8 Å². The number of aromatic nitrogens is 4. The SMILES string of the molecule is Cc1ccccc1-c1noc(=O)n1CC(=O)NCc1c(C)nn(Cc2ccccc2)c1C. The molecule has 4 rings (SSSR count). The number of nitrogens with zero attached hydrogens (tertiary/aromatic N) is 4. The molecule has 0 spiro atoms. The molecule has 164 valence electrons. The minimum Gasteiger partial charge on any atom is -0.350 e. The Hall–Kier alpha value is -3.94. The number of rotatable bonds is 7. The van der Waals surface area contributed by atoms with Crippen molar-refractivity contribution in [3.05, 3.63) is 93.2 Å². The largest absolute Gasteiger partial charge is 0.442 e. The molecule has 0 aliphatic rings. The van der Waals surface area contributed by atoms with E-state index in [2.05, 4.69) is 27.7 Å². The third-order valence-corrected chi connectivity index (χ3v) is 5.54. The van der Waals surface area contributed by atoms with E-state index in [-0.39, 0.29) is 12.5 Å². The Bertz CT molecular complexity index is 1300. The van der Waals surface area contributed by atoms with E-state index in [1.807, 2.05) is 67.9 Å². The van der Waals surface area contributed by atoms with Crippen LogP contribution in [0.4, 0.5) is 0 Å². The lowest BCUT2D eigenvalue weighted by molar-refractivity contribution is -0.121. The molecule has 2 heterocycles. The lowest BCUT2D eigenvalue weighted by atomic mass is 10.1. The van der Waals surface area contributed by atoms with Crippen LogP contribution in [0, 0.1) is 20.8 Å². The van der Waals surface area contributed by atoms with Gasteiger partial charge in [-0.05, 0) is 31.9 Å². The van der Waals surface area contributed by atoms with Crippen LogP contribution in [0.5, 0.6) is 0 Å². The maximum atomic E-state index is 12.7. The number of aryl methyl sites for hydroxylation is 2. The van der Waals surface area contributed by atoms with Gasteiger partial charge in [0.25, 0.3) is 0 Å². The van der Waals surface area contributed by atoms with Crippen molar-refractivity contribution in [2.75, 3.05) is 0 Å². The van der Waals surface area contributed by atoms with Crippen LogP contribution in [0.3, 0.4) is 0 Å². The highest BCUT2D eigenvalue weighted by atomic mass is 16.5. The molecule has 8 heteroatoms. The molecule has 32 heavy (non-hydrogen) atoms. The predicted octanol–water partition coefficient (Wildman–Crippen LogP) is 2.99. The second-order valence-electron chi connectivity index (χ2n) is 7.74. The molecule has 1 N–H and O–H groups in total. The summed E-state index contributed by atoms with van der Waals surface area (Å²) in [4.78, 5) is 24.8. The standard InChI is InChI=1S/C24H25N5O3/c1-16-9-7-8-12-20(16)23-27-32-24(31)28(23)15-22(30)25-13-21-17(2)26-29(18(21)3)14-19-10-5-4-6-11-19/h4-12H,13-15H2,1-3H3,(H,25,30). The molecule has 2 aromatic carbocycles. The highest BCUT2D eigenvalue weighted by Crippen LogP contribution is 2.20.